The van der Waals surface area contributed by atoms with Crippen molar-refractivity contribution in [2.75, 3.05) is 6.54 Å². The van der Waals surface area contributed by atoms with Gasteiger partial charge in [0.15, 0.2) is 0 Å². The predicted molar refractivity (Wildman–Crippen MR) is 107 cm³/mol. The molecule has 5 aromatic heterocycles. The van der Waals surface area contributed by atoms with Gasteiger partial charge in [-0.2, -0.15) is 5.10 Å². The molecule has 0 fully saturated rings. The van der Waals surface area contributed by atoms with Crippen LogP contribution in [0.4, 0.5) is 4.39 Å². The summed E-state index contributed by atoms with van der Waals surface area (Å²) in [5, 5.41) is 12.4. The number of nitrogens with one attached hydrogen (secondary N) is 1. The van der Waals surface area contributed by atoms with Gasteiger partial charge in [0.25, 0.3) is 5.89 Å². The van der Waals surface area contributed by atoms with Gasteiger partial charge >= 0.3 is 11.8 Å². The first-order chi connectivity index (χ1) is 15.6. The molecule has 0 spiro atoms. The van der Waals surface area contributed by atoms with Crippen molar-refractivity contribution < 1.29 is 13.6 Å². The summed E-state index contributed by atoms with van der Waals surface area (Å²) in [6, 6.07) is 3.92. The van der Waals surface area contributed by atoms with E-state index >= 15 is 0 Å². The molecule has 0 saturated heterocycles. The number of hydrogen-bond acceptors (Lipinski definition) is 7. The molecule has 6 rings (SSSR count). The maximum absolute atomic E-state index is 14.3. The molecule has 0 radical (unpaired) electrons. The maximum Gasteiger partial charge on any atom is 0.312 e. The summed E-state index contributed by atoms with van der Waals surface area (Å²) in [6.45, 7) is 0.371. The smallest absolute Gasteiger partial charge is 0.312 e. The highest BCUT2D eigenvalue weighted by atomic mass is 19.1. The van der Waals surface area contributed by atoms with Crippen molar-refractivity contribution in [2.24, 2.45) is 7.05 Å². The van der Waals surface area contributed by atoms with Gasteiger partial charge in [-0.1, -0.05) is 0 Å². The lowest BCUT2D eigenvalue weighted by Crippen LogP contribution is -2.41. The summed E-state index contributed by atoms with van der Waals surface area (Å²) >= 11 is 0. The molecule has 11 nitrogen and oxygen atoms in total. The Kier molecular flexibility index (Phi) is 3.93. The van der Waals surface area contributed by atoms with E-state index in [0.717, 1.165) is 5.69 Å². The molecule has 32 heavy (non-hydrogen) atoms. The van der Waals surface area contributed by atoms with Crippen molar-refractivity contribution in [3.8, 4) is 11.6 Å². The van der Waals surface area contributed by atoms with Gasteiger partial charge in [-0.25, -0.2) is 18.9 Å². The molecule has 5 aromatic rings. The van der Waals surface area contributed by atoms with Crippen LogP contribution in [-0.2, 0) is 13.5 Å². The Hall–Kier alpha value is -4.35. The predicted octanol–water partition coefficient (Wildman–Crippen LogP) is 1.77. The van der Waals surface area contributed by atoms with Gasteiger partial charge in [-0.3, -0.25) is 4.79 Å². The van der Waals surface area contributed by atoms with Crippen LogP contribution in [0.2, 0.25) is 0 Å². The van der Waals surface area contributed by atoms with E-state index in [-0.39, 0.29) is 11.8 Å². The zero-order valence-corrected chi connectivity index (χ0v) is 16.8. The van der Waals surface area contributed by atoms with E-state index in [1.54, 1.807) is 46.6 Å². The van der Waals surface area contributed by atoms with Crippen LogP contribution in [0, 0.1) is 5.82 Å². The Morgan fingerprint density at radius 3 is 3.03 bits per heavy atom. The topological polar surface area (TPSA) is 123 Å². The number of imidazole rings is 2. The van der Waals surface area contributed by atoms with E-state index in [4.69, 9.17) is 4.42 Å². The van der Waals surface area contributed by atoms with E-state index in [1.165, 1.54) is 10.6 Å². The first-order valence-corrected chi connectivity index (χ1v) is 9.87. The number of amides is 1. The van der Waals surface area contributed by atoms with Crippen molar-refractivity contribution in [3.05, 3.63) is 72.0 Å². The Bertz CT molecular complexity index is 1460. The Labute approximate surface area is 179 Å². The summed E-state index contributed by atoms with van der Waals surface area (Å²) in [6.07, 6.45) is 7.12. The monoisotopic (exact) mass is 433 g/mol. The molecule has 1 N–H and O–H groups in total. The molecule has 1 aliphatic rings. The number of H-pyrrole nitrogens is 1. The molecule has 0 bridgehead atoms. The summed E-state index contributed by atoms with van der Waals surface area (Å²) in [5.74, 6) is -0.877. The lowest BCUT2D eigenvalue weighted by Gasteiger charge is -2.32. The van der Waals surface area contributed by atoms with Gasteiger partial charge in [-0.05, 0) is 18.2 Å². The second-order valence-electron chi connectivity index (χ2n) is 7.51. The lowest BCUT2D eigenvalue weighted by molar-refractivity contribution is 0.0646. The number of carbonyl (C=O) groups excluding carboxylic acids is 1. The zero-order valence-electron chi connectivity index (χ0n) is 16.8. The third-order valence-electron chi connectivity index (χ3n) is 5.47. The van der Waals surface area contributed by atoms with E-state index < -0.39 is 17.8 Å². The standard InChI is InChI=1S/C20H16FN9O2/c1-28-8-14(24-10-28)18-25-26-19(32-18)20(31)29-6-4-12-16(23-9-22-12)17(29)13-7-15-11(21)3-2-5-30(15)27-13/h2-3,5,7-10,17H,4,6H2,1H3,(H,22,23)/t17-/m1/s1. The lowest BCUT2D eigenvalue weighted by atomic mass is 9.99. The Morgan fingerprint density at radius 2 is 2.22 bits per heavy atom. The number of halogens is 1. The molecular formula is C20H16FN9O2. The number of rotatable bonds is 3. The number of aromatic amines is 1. The van der Waals surface area contributed by atoms with Crippen LogP contribution in [0.1, 0.15) is 33.8 Å². The molecule has 0 aromatic carbocycles. The number of fused-ring (bicyclic) bond motifs is 2. The molecule has 0 aliphatic carbocycles. The molecule has 160 valence electrons. The summed E-state index contributed by atoms with van der Waals surface area (Å²) in [7, 11) is 1.82. The first-order valence-electron chi connectivity index (χ1n) is 9.87. The van der Waals surface area contributed by atoms with Crippen molar-refractivity contribution in [1.82, 2.24) is 44.2 Å². The minimum Gasteiger partial charge on any atom is -0.411 e. The van der Waals surface area contributed by atoms with Gasteiger partial charge < -0.3 is 18.9 Å². The summed E-state index contributed by atoms with van der Waals surface area (Å²) in [4.78, 5) is 26.7. The normalized spacial score (nSPS) is 15.9. The number of hydrogen-bond donors (Lipinski definition) is 1. The SMILES string of the molecule is Cn1cnc(-c2nnc(C(=O)N3CCc4[nH]cnc4[C@H]3c3cc4c(F)cccn4n3)o2)c1. The Morgan fingerprint density at radius 1 is 1.31 bits per heavy atom. The molecule has 12 heteroatoms. The molecule has 1 aliphatic heterocycles. The molecule has 6 heterocycles. The second kappa shape index (κ2) is 6.83. The van der Waals surface area contributed by atoms with Gasteiger partial charge in [0.05, 0.1) is 24.0 Å². The largest absolute Gasteiger partial charge is 0.411 e. The van der Waals surface area contributed by atoms with Crippen LogP contribution in [0.3, 0.4) is 0 Å². The number of nitrogens with zero attached hydrogens (tertiary/aromatic N) is 8. The molecule has 0 saturated carbocycles. The van der Waals surface area contributed by atoms with E-state index in [1.807, 2.05) is 7.05 Å². The third kappa shape index (κ3) is 2.80. The van der Waals surface area contributed by atoms with Gasteiger partial charge in [0, 0.05) is 38.1 Å². The van der Waals surface area contributed by atoms with Crippen LogP contribution in [0.15, 0.2) is 47.7 Å². The average molecular weight is 433 g/mol. The molecular weight excluding hydrogens is 417 g/mol. The van der Waals surface area contributed by atoms with Crippen LogP contribution >= 0.6 is 0 Å². The fraction of sp³-hybridized carbons (Fsp3) is 0.200. The van der Waals surface area contributed by atoms with Crippen LogP contribution < -0.4 is 0 Å². The Balaban J connectivity index is 1.41. The molecule has 1 amide bonds. The number of carbonyl (C=O) groups is 1. The molecule has 0 unspecified atom stereocenters. The minimum atomic E-state index is -0.637. The highest BCUT2D eigenvalue weighted by molar-refractivity contribution is 5.90. The third-order valence-corrected chi connectivity index (χ3v) is 5.47. The maximum atomic E-state index is 14.3. The summed E-state index contributed by atoms with van der Waals surface area (Å²) < 4.78 is 23.1. The van der Waals surface area contributed by atoms with Crippen LogP contribution in [0.5, 0.6) is 0 Å². The van der Waals surface area contributed by atoms with Gasteiger partial charge in [-0.15, -0.1) is 10.2 Å². The number of pyridine rings is 1. The highest BCUT2D eigenvalue weighted by Crippen LogP contribution is 2.34. The first kappa shape index (κ1) is 18.4. The van der Waals surface area contributed by atoms with E-state index in [0.29, 0.717) is 35.6 Å². The fourth-order valence-corrected chi connectivity index (χ4v) is 3.99. The van der Waals surface area contributed by atoms with Crippen LogP contribution in [-0.4, -0.2) is 56.7 Å². The van der Waals surface area contributed by atoms with Gasteiger partial charge in [0.1, 0.15) is 23.1 Å². The summed E-state index contributed by atoms with van der Waals surface area (Å²) in [5.41, 5.74) is 2.82. The van der Waals surface area contributed by atoms with E-state index in [9.17, 15) is 9.18 Å². The highest BCUT2D eigenvalue weighted by Gasteiger charge is 2.38. The quantitative estimate of drug-likeness (QED) is 0.460. The fourth-order valence-electron chi connectivity index (χ4n) is 3.99. The van der Waals surface area contributed by atoms with Crippen molar-refractivity contribution in [1.29, 1.82) is 0 Å². The van der Waals surface area contributed by atoms with Gasteiger partial charge in [0.2, 0.25) is 0 Å². The second-order valence-corrected chi connectivity index (χ2v) is 7.51. The number of aromatic nitrogens is 8. The number of aryl methyl sites for hydroxylation is 1. The van der Waals surface area contributed by atoms with Crippen molar-refractivity contribution in [2.45, 2.75) is 12.5 Å². The average Bonchev–Trinajstić information content (AvgIpc) is 3.57. The molecule has 1 atom stereocenters. The van der Waals surface area contributed by atoms with Crippen molar-refractivity contribution >= 4 is 11.4 Å². The minimum absolute atomic E-state index is 0.151. The van der Waals surface area contributed by atoms with Crippen LogP contribution in [0.25, 0.3) is 17.1 Å². The zero-order chi connectivity index (χ0) is 21.8. The van der Waals surface area contributed by atoms with Crippen molar-refractivity contribution in [3.63, 3.8) is 0 Å². The van der Waals surface area contributed by atoms with E-state index in [2.05, 4.69) is 30.2 Å².